The van der Waals surface area contributed by atoms with Gasteiger partial charge in [-0.15, -0.1) is 0 Å². The van der Waals surface area contributed by atoms with E-state index in [1.54, 1.807) is 17.9 Å². The largest absolute Gasteiger partial charge is 0.360 e. The number of nitrogens with one attached hydrogen (secondary N) is 2. The molecule has 0 aliphatic carbocycles. The molecule has 0 unspecified atom stereocenters. The third-order valence-electron chi connectivity index (χ3n) is 5.27. The highest BCUT2D eigenvalue weighted by Crippen LogP contribution is 2.11. The van der Waals surface area contributed by atoms with E-state index in [0.717, 1.165) is 38.9 Å². The fourth-order valence-corrected chi connectivity index (χ4v) is 3.31. The molecular formula is C23H35N4O3+. The van der Waals surface area contributed by atoms with Gasteiger partial charge in [-0.25, -0.2) is 0 Å². The smallest absolute Gasteiger partial charge is 0.254 e. The van der Waals surface area contributed by atoms with Gasteiger partial charge in [0.2, 0.25) is 5.91 Å². The Kier molecular flexibility index (Phi) is 9.54. The van der Waals surface area contributed by atoms with Crippen LogP contribution in [0.25, 0.3) is 0 Å². The van der Waals surface area contributed by atoms with Gasteiger partial charge in [-0.05, 0) is 51.3 Å². The summed E-state index contributed by atoms with van der Waals surface area (Å²) in [6, 6.07) is 9.40. The van der Waals surface area contributed by atoms with Gasteiger partial charge >= 0.3 is 0 Å². The normalized spacial score (nSPS) is 11.0. The maximum Gasteiger partial charge on any atom is 0.254 e. The number of quaternary nitrogens is 1. The number of carbonyl (C=O) groups excluding carboxylic acids is 2. The van der Waals surface area contributed by atoms with Gasteiger partial charge in [0.1, 0.15) is 12.3 Å². The van der Waals surface area contributed by atoms with Crippen LogP contribution in [0.2, 0.25) is 0 Å². The average molecular weight is 416 g/mol. The van der Waals surface area contributed by atoms with Crippen LogP contribution in [-0.4, -0.2) is 54.6 Å². The van der Waals surface area contributed by atoms with Crippen LogP contribution in [0.4, 0.5) is 5.82 Å². The van der Waals surface area contributed by atoms with Crippen LogP contribution in [0.3, 0.4) is 0 Å². The highest BCUT2D eigenvalue weighted by molar-refractivity contribution is 5.99. The highest BCUT2D eigenvalue weighted by Gasteiger charge is 2.21. The van der Waals surface area contributed by atoms with E-state index in [1.165, 1.54) is 10.5 Å². The molecule has 1 aromatic carbocycles. The summed E-state index contributed by atoms with van der Waals surface area (Å²) in [7, 11) is 0. The number of hydrogen-bond donors (Lipinski definition) is 2. The van der Waals surface area contributed by atoms with Gasteiger partial charge < -0.3 is 19.6 Å². The summed E-state index contributed by atoms with van der Waals surface area (Å²) >= 11 is 0. The second-order valence-corrected chi connectivity index (χ2v) is 7.61. The van der Waals surface area contributed by atoms with Gasteiger partial charge in [-0.3, -0.25) is 9.59 Å². The molecule has 0 spiro atoms. The number of carbonyl (C=O) groups is 2. The van der Waals surface area contributed by atoms with Crippen LogP contribution >= 0.6 is 0 Å². The van der Waals surface area contributed by atoms with Crippen molar-refractivity contribution in [3.8, 4) is 0 Å². The Morgan fingerprint density at radius 2 is 1.83 bits per heavy atom. The number of amides is 2. The zero-order valence-corrected chi connectivity index (χ0v) is 18.7. The fourth-order valence-electron chi connectivity index (χ4n) is 3.31. The lowest BCUT2D eigenvalue weighted by atomic mass is 10.1. The lowest BCUT2D eigenvalue weighted by Crippen LogP contribution is -3.12. The van der Waals surface area contributed by atoms with Crippen molar-refractivity contribution >= 4 is 17.6 Å². The van der Waals surface area contributed by atoms with E-state index in [-0.39, 0.29) is 18.4 Å². The number of nitrogens with zero attached hydrogens (tertiary/aromatic N) is 2. The molecule has 2 amide bonds. The molecule has 0 saturated heterocycles. The van der Waals surface area contributed by atoms with Crippen molar-refractivity contribution in [3.63, 3.8) is 0 Å². The average Bonchev–Trinajstić information content (AvgIpc) is 3.16. The zero-order valence-electron chi connectivity index (χ0n) is 18.7. The molecule has 0 fully saturated rings. The predicted octanol–water partition coefficient (Wildman–Crippen LogP) is 2.33. The first kappa shape index (κ1) is 23.6. The maximum absolute atomic E-state index is 13.2. The summed E-state index contributed by atoms with van der Waals surface area (Å²) in [5, 5.41) is 6.49. The molecule has 2 rings (SSSR count). The molecule has 0 radical (unpaired) electrons. The third kappa shape index (κ3) is 7.30. The molecule has 164 valence electrons. The summed E-state index contributed by atoms with van der Waals surface area (Å²) in [5.74, 6) is 0.562. The van der Waals surface area contributed by atoms with Crippen molar-refractivity contribution in [2.24, 2.45) is 0 Å². The highest BCUT2D eigenvalue weighted by atomic mass is 16.5. The van der Waals surface area contributed by atoms with Crippen molar-refractivity contribution < 1.29 is 19.0 Å². The predicted molar refractivity (Wildman–Crippen MR) is 118 cm³/mol. The summed E-state index contributed by atoms with van der Waals surface area (Å²) in [6.07, 6.45) is 3.29. The summed E-state index contributed by atoms with van der Waals surface area (Å²) < 4.78 is 4.99. The van der Waals surface area contributed by atoms with Crippen LogP contribution in [0.15, 0.2) is 34.9 Å². The van der Waals surface area contributed by atoms with Gasteiger partial charge in [0, 0.05) is 11.6 Å². The number of hydrogen-bond acceptors (Lipinski definition) is 4. The van der Waals surface area contributed by atoms with Gasteiger partial charge in [-0.1, -0.05) is 30.6 Å². The molecule has 1 heterocycles. The minimum atomic E-state index is -0.286. The van der Waals surface area contributed by atoms with Crippen molar-refractivity contribution in [1.29, 1.82) is 0 Å². The van der Waals surface area contributed by atoms with Gasteiger partial charge in [0.15, 0.2) is 5.82 Å². The van der Waals surface area contributed by atoms with Crippen molar-refractivity contribution in [2.75, 3.05) is 38.0 Å². The van der Waals surface area contributed by atoms with Crippen molar-refractivity contribution in [1.82, 2.24) is 10.1 Å². The van der Waals surface area contributed by atoms with E-state index in [4.69, 9.17) is 4.52 Å². The number of likely N-dealkylation sites (N-methyl/N-ethyl adjacent to an activating group) is 1. The minimum Gasteiger partial charge on any atom is -0.360 e. The van der Waals surface area contributed by atoms with E-state index in [1.807, 2.05) is 24.3 Å². The molecule has 0 saturated carbocycles. The Balaban J connectivity index is 2.08. The molecule has 1 aromatic heterocycles. The van der Waals surface area contributed by atoms with Crippen molar-refractivity contribution in [2.45, 2.75) is 47.0 Å². The Labute approximate surface area is 179 Å². The fraction of sp³-hybridized carbons (Fsp3) is 0.522. The lowest BCUT2D eigenvalue weighted by molar-refractivity contribution is -0.895. The van der Waals surface area contributed by atoms with Crippen LogP contribution in [0, 0.1) is 6.92 Å². The van der Waals surface area contributed by atoms with E-state index < -0.39 is 0 Å². The summed E-state index contributed by atoms with van der Waals surface area (Å²) in [4.78, 5) is 28.7. The van der Waals surface area contributed by atoms with E-state index in [0.29, 0.717) is 23.7 Å². The molecule has 7 nitrogen and oxygen atoms in total. The first-order valence-corrected chi connectivity index (χ1v) is 10.9. The molecule has 0 atom stereocenters. The summed E-state index contributed by atoms with van der Waals surface area (Å²) in [6.45, 7) is 11.4. The first-order valence-electron chi connectivity index (χ1n) is 10.9. The van der Waals surface area contributed by atoms with Crippen LogP contribution in [0.1, 0.15) is 55.3 Å². The monoisotopic (exact) mass is 415 g/mol. The number of benzene rings is 1. The van der Waals surface area contributed by atoms with E-state index >= 15 is 0 Å². The maximum atomic E-state index is 13.2. The second kappa shape index (κ2) is 12.1. The summed E-state index contributed by atoms with van der Waals surface area (Å²) in [5.41, 5.74) is 1.83. The molecule has 2 N–H and O–H groups in total. The van der Waals surface area contributed by atoms with Gasteiger partial charge in [0.05, 0.1) is 26.2 Å². The molecule has 0 aliphatic rings. The Morgan fingerprint density at radius 3 is 2.40 bits per heavy atom. The molecule has 0 aliphatic heterocycles. The molecular weight excluding hydrogens is 380 g/mol. The van der Waals surface area contributed by atoms with E-state index in [9.17, 15) is 9.59 Å². The Hall–Kier alpha value is -2.67. The third-order valence-corrected chi connectivity index (χ3v) is 5.27. The number of unbranched alkanes of at least 4 members (excludes halogenated alkanes) is 1. The Bertz CT molecular complexity index is 797. The number of anilines is 1. The molecule has 0 bridgehead atoms. The van der Waals surface area contributed by atoms with Gasteiger partial charge in [-0.2, -0.15) is 0 Å². The van der Waals surface area contributed by atoms with E-state index in [2.05, 4.69) is 31.2 Å². The topological polar surface area (TPSA) is 79.9 Å². The standard InChI is InChI=1S/C23H34N4O3/c1-5-8-9-19-10-12-20(13-11-19)23(29)27(15-14-26(6-2)7-3)17-22(28)24-21-16-18(4)30-25-21/h10-13,16H,5-9,14-15,17H2,1-4H3,(H,24,25,28)/p+1. The number of aromatic nitrogens is 1. The number of rotatable bonds is 12. The van der Waals surface area contributed by atoms with Gasteiger partial charge in [0.25, 0.3) is 5.91 Å². The second-order valence-electron chi connectivity index (χ2n) is 7.61. The van der Waals surface area contributed by atoms with Crippen molar-refractivity contribution in [3.05, 3.63) is 47.2 Å². The zero-order chi connectivity index (χ0) is 21.9. The number of aryl methyl sites for hydroxylation is 2. The molecule has 7 heteroatoms. The molecule has 30 heavy (non-hydrogen) atoms. The van der Waals surface area contributed by atoms with Crippen LogP contribution < -0.4 is 10.2 Å². The minimum absolute atomic E-state index is 0.0248. The molecule has 2 aromatic rings. The van der Waals surface area contributed by atoms with Crippen LogP contribution in [-0.2, 0) is 11.2 Å². The van der Waals surface area contributed by atoms with Crippen LogP contribution in [0.5, 0.6) is 0 Å². The first-order chi connectivity index (χ1) is 14.5. The lowest BCUT2D eigenvalue weighted by Gasteiger charge is -2.24. The SMILES string of the molecule is CCCCc1ccc(C(=O)N(CC[NH+](CC)CC)CC(=O)Nc2cc(C)on2)cc1. The quantitative estimate of drug-likeness (QED) is 0.558. The Morgan fingerprint density at radius 1 is 1.13 bits per heavy atom.